The van der Waals surface area contributed by atoms with Gasteiger partial charge in [-0.3, -0.25) is 48.3 Å². The molecule has 9 atom stereocenters. The highest BCUT2D eigenvalue weighted by molar-refractivity contribution is 5.97. The van der Waals surface area contributed by atoms with E-state index >= 15 is 0 Å². The van der Waals surface area contributed by atoms with Gasteiger partial charge < -0.3 is 70.6 Å². The molecule has 62 heavy (non-hydrogen) atoms. The smallest absolute Gasteiger partial charge is 0.245 e. The molecule has 0 bridgehead atoms. The van der Waals surface area contributed by atoms with Crippen molar-refractivity contribution < 1.29 is 43.5 Å². The normalized spacial score (nSPS) is 15.3. The minimum absolute atomic E-state index is 0.0498. The summed E-state index contributed by atoms with van der Waals surface area (Å²) in [5.74, 6) is -7.15. The highest BCUT2D eigenvalue weighted by Gasteiger charge is 2.37. The fraction of sp³-hybridized carbons (Fsp3) is 0.744. The number of aliphatic hydroxyl groups excluding tert-OH is 1. The molecule has 0 fully saturated rings. The number of rotatable bonds is 29. The molecule has 0 rings (SSSR count). The van der Waals surface area contributed by atoms with Gasteiger partial charge in [0.2, 0.25) is 47.3 Å². The zero-order chi connectivity index (χ0) is 47.7. The van der Waals surface area contributed by atoms with E-state index in [4.69, 9.17) is 22.9 Å². The van der Waals surface area contributed by atoms with E-state index in [9.17, 15) is 43.5 Å². The maximum absolute atomic E-state index is 14.0. The average molecular weight is 883 g/mol. The van der Waals surface area contributed by atoms with Crippen LogP contribution < -0.4 is 65.5 Å². The topological polar surface area (TPSA) is 382 Å². The summed E-state index contributed by atoms with van der Waals surface area (Å²) in [4.78, 5) is 114. The molecule has 0 spiro atoms. The number of aliphatic hydroxyl groups is 1. The summed E-state index contributed by atoms with van der Waals surface area (Å²) in [5.41, 5.74) is 21.8. The Labute approximate surface area is 364 Å². The molecule has 8 amide bonds. The van der Waals surface area contributed by atoms with Crippen molar-refractivity contribution in [2.75, 3.05) is 26.2 Å². The lowest BCUT2D eigenvalue weighted by Crippen LogP contribution is -2.63. The number of likely N-dealkylation sites (N-methyl/N-ethyl adjacent to an activating group) is 1. The van der Waals surface area contributed by atoms with Gasteiger partial charge in [-0.15, -0.1) is 0 Å². The van der Waals surface area contributed by atoms with Crippen molar-refractivity contribution in [3.8, 4) is 0 Å². The number of amides is 8. The predicted molar refractivity (Wildman–Crippen MR) is 234 cm³/mol. The first kappa shape index (κ1) is 56.3. The molecule has 0 aromatic carbocycles. The van der Waals surface area contributed by atoms with Crippen LogP contribution in [0.1, 0.15) is 101 Å². The molecule has 0 saturated carbocycles. The number of carbonyl (C=O) groups is 8. The minimum atomic E-state index is -1.64. The summed E-state index contributed by atoms with van der Waals surface area (Å²) in [6.45, 7) is 14.8. The summed E-state index contributed by atoms with van der Waals surface area (Å²) in [6.07, 6.45) is -0.0119. The van der Waals surface area contributed by atoms with Crippen LogP contribution in [0.25, 0.3) is 0 Å². The summed E-state index contributed by atoms with van der Waals surface area (Å²) in [6, 6.07) is -7.47. The first-order valence-corrected chi connectivity index (χ1v) is 21.1. The third-order valence-electron chi connectivity index (χ3n) is 9.92. The SMILES string of the molecule is CCNC(=O)[C@H](CCCN=C(N)N)NC(=O)[C@@H](NC(=O)[C@H](CCCN=C(N)N)NC(=O)[C@@H](NC(=O)[C@H](NC(=O)[C@@H](NC(=O)CNC(C)=O)C(C)C)[C@H](C)CC)[C@@H](C)O)[C@@H](C)CC. The van der Waals surface area contributed by atoms with Crippen LogP contribution in [0.5, 0.6) is 0 Å². The van der Waals surface area contributed by atoms with Crippen molar-refractivity contribution in [1.82, 2.24) is 42.5 Å². The van der Waals surface area contributed by atoms with E-state index in [0.29, 0.717) is 25.8 Å². The molecular formula is C39H74N14O9. The number of nitrogens with one attached hydrogen (secondary N) is 8. The van der Waals surface area contributed by atoms with Crippen molar-refractivity contribution >= 4 is 59.2 Å². The number of carbonyl (C=O) groups excluding carboxylic acids is 8. The Hall–Kier alpha value is -5.74. The molecule has 23 nitrogen and oxygen atoms in total. The lowest BCUT2D eigenvalue weighted by Gasteiger charge is -2.31. The molecule has 17 N–H and O–H groups in total. The molecule has 354 valence electrons. The van der Waals surface area contributed by atoms with Gasteiger partial charge in [-0.25, -0.2) is 0 Å². The van der Waals surface area contributed by atoms with Gasteiger partial charge in [0.15, 0.2) is 11.9 Å². The number of nitrogens with two attached hydrogens (primary N) is 4. The Morgan fingerprint density at radius 1 is 0.532 bits per heavy atom. The van der Waals surface area contributed by atoms with Gasteiger partial charge >= 0.3 is 0 Å². The second kappa shape index (κ2) is 29.5. The fourth-order valence-corrected chi connectivity index (χ4v) is 5.88. The zero-order valence-electron chi connectivity index (χ0n) is 37.8. The quantitative estimate of drug-likeness (QED) is 0.0197. The van der Waals surface area contributed by atoms with Gasteiger partial charge in [-0.05, 0) is 57.3 Å². The maximum atomic E-state index is 14.0. The second-order valence-electron chi connectivity index (χ2n) is 15.6. The molecule has 0 heterocycles. The summed E-state index contributed by atoms with van der Waals surface area (Å²) >= 11 is 0. The number of hydrogen-bond donors (Lipinski definition) is 13. The van der Waals surface area contributed by atoms with E-state index < -0.39 is 107 Å². The Morgan fingerprint density at radius 3 is 1.34 bits per heavy atom. The molecule has 0 aromatic heterocycles. The lowest BCUT2D eigenvalue weighted by molar-refractivity contribution is -0.138. The molecule has 0 aliphatic heterocycles. The van der Waals surface area contributed by atoms with Gasteiger partial charge in [0.25, 0.3) is 0 Å². The van der Waals surface area contributed by atoms with Crippen LogP contribution in [0.15, 0.2) is 9.98 Å². The number of hydrogen-bond acceptors (Lipinski definition) is 11. The van der Waals surface area contributed by atoms with Crippen molar-refractivity contribution in [1.29, 1.82) is 0 Å². The highest BCUT2D eigenvalue weighted by atomic mass is 16.3. The fourth-order valence-electron chi connectivity index (χ4n) is 5.88. The highest BCUT2D eigenvalue weighted by Crippen LogP contribution is 2.13. The van der Waals surface area contributed by atoms with Crippen LogP contribution in [-0.4, -0.2) is 133 Å². The zero-order valence-corrected chi connectivity index (χ0v) is 37.8. The van der Waals surface area contributed by atoms with E-state index in [0.717, 1.165) is 0 Å². The van der Waals surface area contributed by atoms with Gasteiger partial charge in [0.05, 0.1) is 12.6 Å². The van der Waals surface area contributed by atoms with Crippen molar-refractivity contribution in [2.24, 2.45) is 50.7 Å². The van der Waals surface area contributed by atoms with E-state index in [1.165, 1.54) is 13.8 Å². The van der Waals surface area contributed by atoms with E-state index in [-0.39, 0.29) is 50.8 Å². The number of aliphatic imine (C=N–C) groups is 2. The molecule has 23 heteroatoms. The van der Waals surface area contributed by atoms with Crippen LogP contribution in [0, 0.1) is 17.8 Å². The summed E-state index contributed by atoms with van der Waals surface area (Å²) in [5, 5.41) is 31.5. The first-order chi connectivity index (χ1) is 29.0. The van der Waals surface area contributed by atoms with Crippen LogP contribution in [-0.2, 0) is 38.4 Å². The van der Waals surface area contributed by atoms with Crippen LogP contribution >= 0.6 is 0 Å². The minimum Gasteiger partial charge on any atom is -0.391 e. The largest absolute Gasteiger partial charge is 0.391 e. The lowest BCUT2D eigenvalue weighted by atomic mass is 9.95. The Kier molecular flexibility index (Phi) is 26.8. The van der Waals surface area contributed by atoms with Gasteiger partial charge in [0, 0.05) is 26.6 Å². The Morgan fingerprint density at radius 2 is 0.935 bits per heavy atom. The maximum Gasteiger partial charge on any atom is 0.245 e. The van der Waals surface area contributed by atoms with Crippen LogP contribution in [0.2, 0.25) is 0 Å². The Bertz CT molecular complexity index is 1550. The number of nitrogens with zero attached hydrogens (tertiary/aromatic N) is 2. The van der Waals surface area contributed by atoms with E-state index in [2.05, 4.69) is 52.5 Å². The molecule has 0 saturated heterocycles. The molecule has 0 aromatic rings. The molecule has 0 aliphatic carbocycles. The summed E-state index contributed by atoms with van der Waals surface area (Å²) in [7, 11) is 0. The van der Waals surface area contributed by atoms with Crippen molar-refractivity contribution in [3.63, 3.8) is 0 Å². The molecular weight excluding hydrogens is 809 g/mol. The standard InChI is InChI=1S/C39H74N14O9/c1-10-21(6)29(35(60)48-25(32(57)44-12-3)15-13-17-45-38(40)41)51-33(58)26(16-14-18-46-39(42)43)49-37(62)31(23(8)54)53-36(61)30(22(7)11-2)52-34(59)28(20(4)5)50-27(56)19-47-24(9)55/h20-23,25-26,28-31,54H,10-19H2,1-9H3,(H,44,57)(H,47,55)(H,48,60)(H,49,62)(H,50,56)(H,51,58)(H,52,59)(H,53,61)(H4,40,41,45)(H4,42,43,46)/t21-,22+,23+,25-,26-,28-,29-,30+,31-/m0/s1. The molecule has 0 aliphatic rings. The Balaban J connectivity index is 6.51. The van der Waals surface area contributed by atoms with Gasteiger partial charge in [-0.1, -0.05) is 54.4 Å². The van der Waals surface area contributed by atoms with Gasteiger partial charge in [-0.2, -0.15) is 0 Å². The molecule has 0 unspecified atom stereocenters. The second-order valence-corrected chi connectivity index (χ2v) is 15.6. The third-order valence-corrected chi connectivity index (χ3v) is 9.92. The summed E-state index contributed by atoms with van der Waals surface area (Å²) < 4.78 is 0. The predicted octanol–water partition coefficient (Wildman–Crippen LogP) is -3.60. The van der Waals surface area contributed by atoms with Crippen molar-refractivity contribution in [3.05, 3.63) is 0 Å². The van der Waals surface area contributed by atoms with Crippen LogP contribution in [0.3, 0.4) is 0 Å². The average Bonchev–Trinajstić information content (AvgIpc) is 3.19. The van der Waals surface area contributed by atoms with Gasteiger partial charge in [0.1, 0.15) is 36.3 Å². The molecule has 0 radical (unpaired) electrons. The van der Waals surface area contributed by atoms with Crippen molar-refractivity contribution in [2.45, 2.75) is 143 Å². The number of guanidine groups is 2. The van der Waals surface area contributed by atoms with Crippen LogP contribution in [0.4, 0.5) is 0 Å². The third kappa shape index (κ3) is 21.7. The first-order valence-electron chi connectivity index (χ1n) is 21.1. The van der Waals surface area contributed by atoms with E-state index in [1.54, 1.807) is 48.5 Å². The van der Waals surface area contributed by atoms with E-state index in [1.807, 2.05) is 0 Å². The monoisotopic (exact) mass is 883 g/mol.